The molecule has 3 N–H and O–H groups in total. The molecular formula is C18H22N2O5. The molecule has 0 unspecified atom stereocenters. The number of nitrogens with two attached hydrogens (primary N) is 1. The van der Waals surface area contributed by atoms with Crippen LogP contribution in [0.25, 0.3) is 0 Å². The number of quaternary nitrogens is 1. The molecule has 0 aliphatic carbocycles. The third kappa shape index (κ3) is 2.41. The highest BCUT2D eigenvalue weighted by Crippen LogP contribution is 2.46. The number of imide groups is 1. The van der Waals surface area contributed by atoms with E-state index in [-0.39, 0.29) is 18.1 Å². The Morgan fingerprint density at radius 1 is 1.32 bits per heavy atom. The van der Waals surface area contributed by atoms with E-state index in [0.29, 0.717) is 5.56 Å². The lowest BCUT2D eigenvalue weighted by atomic mass is 9.75. The number of hydrogen-bond acceptors (Lipinski definition) is 5. The first-order valence-electron chi connectivity index (χ1n) is 8.37. The highest BCUT2D eigenvalue weighted by molar-refractivity contribution is 6.08. The summed E-state index contributed by atoms with van der Waals surface area (Å²) in [4.78, 5) is 38.5. The van der Waals surface area contributed by atoms with Crippen LogP contribution in [0.4, 0.5) is 0 Å². The Kier molecular flexibility index (Phi) is 4.07. The lowest BCUT2D eigenvalue weighted by molar-refractivity contribution is -0.740. The molecule has 1 aromatic rings. The van der Waals surface area contributed by atoms with Crippen molar-refractivity contribution >= 4 is 17.8 Å². The maximum absolute atomic E-state index is 12.7. The van der Waals surface area contributed by atoms with Gasteiger partial charge >= 0.3 is 0 Å². The molecule has 2 fully saturated rings. The van der Waals surface area contributed by atoms with Crippen LogP contribution < -0.4 is 10.4 Å². The quantitative estimate of drug-likeness (QED) is 0.663. The van der Waals surface area contributed by atoms with Gasteiger partial charge in [-0.15, -0.1) is 0 Å². The minimum atomic E-state index is -1.52. The fourth-order valence-electron chi connectivity index (χ4n) is 4.47. The first-order chi connectivity index (χ1) is 11.7. The average molecular weight is 346 g/mol. The minimum absolute atomic E-state index is 0.00766. The van der Waals surface area contributed by atoms with E-state index in [4.69, 9.17) is 0 Å². The second kappa shape index (κ2) is 5.84. The zero-order valence-corrected chi connectivity index (χ0v) is 14.4. The van der Waals surface area contributed by atoms with E-state index in [1.54, 1.807) is 23.5 Å². The van der Waals surface area contributed by atoms with Gasteiger partial charge in [0.25, 0.3) is 0 Å². The number of carbonyl (C=O) groups excluding carboxylic acids is 3. The molecule has 0 aromatic heterocycles. The fourth-order valence-corrected chi connectivity index (χ4v) is 4.47. The molecule has 2 aliphatic rings. The van der Waals surface area contributed by atoms with Gasteiger partial charge in [0.2, 0.25) is 11.8 Å². The molecule has 7 nitrogen and oxygen atoms in total. The van der Waals surface area contributed by atoms with Crippen molar-refractivity contribution < 1.29 is 29.9 Å². The van der Waals surface area contributed by atoms with Crippen molar-refractivity contribution in [1.29, 1.82) is 0 Å². The summed E-state index contributed by atoms with van der Waals surface area (Å²) in [6.45, 7) is 3.73. The van der Waals surface area contributed by atoms with Crippen molar-refractivity contribution in [2.45, 2.75) is 31.8 Å². The van der Waals surface area contributed by atoms with Crippen LogP contribution in [-0.2, 0) is 14.4 Å². The fraction of sp³-hybridized carbons (Fsp3) is 0.500. The second-order valence-corrected chi connectivity index (χ2v) is 7.42. The van der Waals surface area contributed by atoms with Crippen LogP contribution in [0.2, 0.25) is 0 Å². The van der Waals surface area contributed by atoms with Crippen LogP contribution in [0.5, 0.6) is 5.75 Å². The van der Waals surface area contributed by atoms with Gasteiger partial charge in [-0.25, -0.2) is 0 Å². The van der Waals surface area contributed by atoms with Gasteiger partial charge < -0.3 is 20.3 Å². The monoisotopic (exact) mass is 346 g/mol. The maximum atomic E-state index is 12.7. The van der Waals surface area contributed by atoms with E-state index in [1.165, 1.54) is 13.1 Å². The summed E-state index contributed by atoms with van der Waals surface area (Å²) >= 11 is 0. The van der Waals surface area contributed by atoms with Crippen molar-refractivity contribution in [3.63, 3.8) is 0 Å². The molecule has 0 saturated carbocycles. The third-order valence-electron chi connectivity index (χ3n) is 5.41. The Morgan fingerprint density at radius 2 is 1.96 bits per heavy atom. The topological polar surface area (TPSA) is 114 Å². The number of phenols is 1. The molecule has 2 aliphatic heterocycles. The predicted octanol–water partition coefficient (Wildman–Crippen LogP) is -1.22. The molecule has 2 saturated heterocycles. The van der Waals surface area contributed by atoms with Crippen molar-refractivity contribution in [2.24, 2.45) is 17.8 Å². The van der Waals surface area contributed by atoms with Crippen LogP contribution in [0.15, 0.2) is 24.3 Å². The summed E-state index contributed by atoms with van der Waals surface area (Å²) in [6.07, 6.45) is 0.202. The van der Waals surface area contributed by atoms with Crippen molar-refractivity contribution in [2.75, 3.05) is 7.05 Å². The highest BCUT2D eigenvalue weighted by Gasteiger charge is 2.69. The first-order valence-corrected chi connectivity index (χ1v) is 8.37. The largest absolute Gasteiger partial charge is 0.544 e. The van der Waals surface area contributed by atoms with Crippen molar-refractivity contribution in [3.8, 4) is 5.75 Å². The molecule has 3 rings (SSSR count). The van der Waals surface area contributed by atoms with Crippen LogP contribution in [0, 0.1) is 17.8 Å². The number of aromatic hydroxyl groups is 1. The molecule has 0 radical (unpaired) electrons. The van der Waals surface area contributed by atoms with Gasteiger partial charge in [-0.05, 0) is 18.1 Å². The number of carboxylic acids is 1. The van der Waals surface area contributed by atoms with E-state index in [0.717, 1.165) is 4.90 Å². The Hall–Kier alpha value is -2.41. The molecule has 4 atom stereocenters. The number of fused-ring (bicyclic) bond motifs is 1. The van der Waals surface area contributed by atoms with E-state index >= 15 is 0 Å². The van der Waals surface area contributed by atoms with Gasteiger partial charge in [0, 0.05) is 13.5 Å². The highest BCUT2D eigenvalue weighted by atomic mass is 16.4. The third-order valence-corrected chi connectivity index (χ3v) is 5.41. The standard InChI is InChI=1S/C18H22N2O5/c1-9(2)8-18(17(24)25)13-12(15(22)20(3)16(13)23)14(19-18)10-6-4-5-7-11(10)21/h4-7,9,12-14,19,21H,8H2,1-3H3,(H,24,25)/t12-,13-,14-,18-/m0/s1. The molecule has 134 valence electrons. The lowest BCUT2D eigenvalue weighted by Crippen LogP contribution is -2.99. The molecule has 2 amide bonds. The Bertz CT molecular complexity index is 747. The van der Waals surface area contributed by atoms with Gasteiger partial charge in [0.05, 0.1) is 5.56 Å². The second-order valence-electron chi connectivity index (χ2n) is 7.42. The summed E-state index contributed by atoms with van der Waals surface area (Å²) in [5, 5.41) is 23.9. The van der Waals surface area contributed by atoms with Crippen LogP contribution in [-0.4, -0.2) is 40.4 Å². The number of phenolic OH excluding ortho intramolecular Hbond substituents is 1. The normalized spacial score (nSPS) is 31.7. The lowest BCUT2D eigenvalue weighted by Gasteiger charge is -2.33. The summed E-state index contributed by atoms with van der Waals surface area (Å²) in [6, 6.07) is 5.86. The average Bonchev–Trinajstić information content (AvgIpc) is 2.98. The zero-order valence-electron chi connectivity index (χ0n) is 14.4. The van der Waals surface area contributed by atoms with Crippen molar-refractivity contribution in [1.82, 2.24) is 4.90 Å². The summed E-state index contributed by atoms with van der Waals surface area (Å²) < 4.78 is 0. The van der Waals surface area contributed by atoms with Gasteiger partial charge in [-0.3, -0.25) is 14.5 Å². The molecule has 1 aromatic carbocycles. The van der Waals surface area contributed by atoms with E-state index in [1.807, 2.05) is 13.8 Å². The van der Waals surface area contributed by atoms with Gasteiger partial charge in [0.15, 0.2) is 0 Å². The Morgan fingerprint density at radius 3 is 2.52 bits per heavy atom. The number of amides is 2. The smallest absolute Gasteiger partial charge is 0.239 e. The van der Waals surface area contributed by atoms with Gasteiger partial charge in [-0.1, -0.05) is 26.0 Å². The molecule has 7 heteroatoms. The molecule has 0 spiro atoms. The number of aliphatic carboxylic acids is 1. The summed E-state index contributed by atoms with van der Waals surface area (Å²) in [5.74, 6) is -4.10. The summed E-state index contributed by atoms with van der Waals surface area (Å²) in [5.41, 5.74) is -1.07. The predicted molar refractivity (Wildman–Crippen MR) is 84.7 cm³/mol. The van der Waals surface area contributed by atoms with E-state index in [2.05, 4.69) is 0 Å². The Balaban J connectivity index is 2.17. The van der Waals surface area contributed by atoms with Crippen LogP contribution in [0.3, 0.4) is 0 Å². The molecular weight excluding hydrogens is 324 g/mol. The minimum Gasteiger partial charge on any atom is -0.544 e. The van der Waals surface area contributed by atoms with Gasteiger partial charge in [-0.2, -0.15) is 0 Å². The van der Waals surface area contributed by atoms with Crippen molar-refractivity contribution in [3.05, 3.63) is 29.8 Å². The number of para-hydroxylation sites is 1. The number of hydrogen-bond donors (Lipinski definition) is 2. The number of rotatable bonds is 4. The van der Waals surface area contributed by atoms with E-state index in [9.17, 15) is 24.6 Å². The van der Waals surface area contributed by atoms with Crippen LogP contribution in [0.1, 0.15) is 31.9 Å². The summed E-state index contributed by atoms with van der Waals surface area (Å²) in [7, 11) is 1.38. The van der Waals surface area contributed by atoms with Crippen LogP contribution >= 0.6 is 0 Å². The number of nitrogens with zero attached hydrogens (tertiary/aromatic N) is 1. The molecule has 2 heterocycles. The Labute approximate surface area is 145 Å². The van der Waals surface area contributed by atoms with E-state index < -0.39 is 41.2 Å². The molecule has 25 heavy (non-hydrogen) atoms. The number of likely N-dealkylation sites (tertiary alicyclic amines) is 1. The maximum Gasteiger partial charge on any atom is 0.239 e. The number of carbonyl (C=O) groups is 3. The molecule has 0 bridgehead atoms. The zero-order chi connectivity index (χ0) is 18.5. The van der Waals surface area contributed by atoms with Gasteiger partial charge in [0.1, 0.15) is 35.1 Å². The number of benzene rings is 1. The SMILES string of the molecule is CC(C)C[C@]1(C(=O)[O-])[NH2+][C@@H](c2ccccc2O)[C@H]2C(=O)N(C)C(=O)[C@H]21. The number of carboxylic acid groups (broad SMARTS) is 1. The first kappa shape index (κ1) is 17.4.